The molecule has 0 heterocycles. The lowest BCUT2D eigenvalue weighted by Gasteiger charge is -2.24. The van der Waals surface area contributed by atoms with E-state index in [4.69, 9.17) is 9.84 Å². The number of aliphatic carboxylic acids is 1. The van der Waals surface area contributed by atoms with Gasteiger partial charge < -0.3 is 15.2 Å². The van der Waals surface area contributed by atoms with Crippen LogP contribution in [0.1, 0.15) is 58.1 Å². The molecular formula is C17H21F4NO4. The van der Waals surface area contributed by atoms with Crippen molar-refractivity contribution in [3.8, 4) is 0 Å². The predicted octanol–water partition coefficient (Wildman–Crippen LogP) is 4.45. The van der Waals surface area contributed by atoms with Crippen LogP contribution in [0.15, 0.2) is 6.07 Å². The molecule has 1 aromatic carbocycles. The third-order valence-electron chi connectivity index (χ3n) is 3.33. The highest BCUT2D eigenvalue weighted by atomic mass is 19.2. The molecule has 0 saturated carbocycles. The minimum atomic E-state index is -1.98. The number of nitrogens with one attached hydrogen (secondary N) is 1. The van der Waals surface area contributed by atoms with E-state index in [-0.39, 0.29) is 25.7 Å². The number of carbonyl (C=O) groups excluding carboxylic acids is 1. The summed E-state index contributed by atoms with van der Waals surface area (Å²) in [6, 6.07) is -0.754. The van der Waals surface area contributed by atoms with Gasteiger partial charge in [0, 0.05) is 12.0 Å². The van der Waals surface area contributed by atoms with E-state index in [0.29, 0.717) is 6.07 Å². The summed E-state index contributed by atoms with van der Waals surface area (Å²) < 4.78 is 59.2. The smallest absolute Gasteiger partial charge is 0.408 e. The SMILES string of the molecule is CC(C)(C)OC(=O)NC(CCCCC(=O)O)c1cc(F)c(F)c(F)c1F. The Labute approximate surface area is 148 Å². The Balaban J connectivity index is 3.04. The maximum atomic E-state index is 14.1. The van der Waals surface area contributed by atoms with Gasteiger partial charge in [-0.2, -0.15) is 0 Å². The number of hydrogen-bond donors (Lipinski definition) is 2. The normalized spacial score (nSPS) is 12.6. The molecule has 0 aliphatic rings. The molecule has 26 heavy (non-hydrogen) atoms. The molecule has 1 rings (SSSR count). The first kappa shape index (κ1) is 21.7. The highest BCUT2D eigenvalue weighted by Crippen LogP contribution is 2.27. The molecule has 1 amide bonds. The van der Waals surface area contributed by atoms with Crippen LogP contribution < -0.4 is 5.32 Å². The zero-order valence-electron chi connectivity index (χ0n) is 14.7. The van der Waals surface area contributed by atoms with Crippen LogP contribution in [0.2, 0.25) is 0 Å². The van der Waals surface area contributed by atoms with Gasteiger partial charge in [-0.25, -0.2) is 22.4 Å². The van der Waals surface area contributed by atoms with Crippen molar-refractivity contribution in [2.75, 3.05) is 0 Å². The predicted molar refractivity (Wildman–Crippen MR) is 84.5 cm³/mol. The summed E-state index contributed by atoms with van der Waals surface area (Å²) in [5.41, 5.74) is -1.45. The molecule has 0 radical (unpaired) electrons. The molecule has 2 N–H and O–H groups in total. The molecule has 0 bridgehead atoms. The van der Waals surface area contributed by atoms with Gasteiger partial charge in [-0.3, -0.25) is 4.79 Å². The molecule has 0 aromatic heterocycles. The highest BCUT2D eigenvalue weighted by Gasteiger charge is 2.27. The molecule has 1 aromatic rings. The monoisotopic (exact) mass is 379 g/mol. The van der Waals surface area contributed by atoms with Crippen molar-refractivity contribution in [2.24, 2.45) is 0 Å². The van der Waals surface area contributed by atoms with Gasteiger partial charge in [0.25, 0.3) is 0 Å². The molecule has 1 atom stereocenters. The zero-order valence-corrected chi connectivity index (χ0v) is 14.7. The number of carbonyl (C=O) groups is 2. The summed E-state index contributed by atoms with van der Waals surface area (Å²) in [4.78, 5) is 22.5. The number of hydrogen-bond acceptors (Lipinski definition) is 3. The molecule has 0 fully saturated rings. The van der Waals surface area contributed by atoms with Gasteiger partial charge in [0.2, 0.25) is 0 Å². The van der Waals surface area contributed by atoms with Crippen LogP contribution in [0.4, 0.5) is 22.4 Å². The van der Waals surface area contributed by atoms with Crippen molar-refractivity contribution in [2.45, 2.75) is 58.1 Å². The average Bonchev–Trinajstić information content (AvgIpc) is 2.50. The fraction of sp³-hybridized carbons (Fsp3) is 0.529. The topological polar surface area (TPSA) is 75.6 Å². The van der Waals surface area contributed by atoms with E-state index in [0.717, 1.165) is 0 Å². The fourth-order valence-electron chi connectivity index (χ4n) is 2.22. The molecule has 0 aliphatic carbocycles. The minimum Gasteiger partial charge on any atom is -0.481 e. The zero-order chi connectivity index (χ0) is 20.1. The van der Waals surface area contributed by atoms with Gasteiger partial charge in [0.1, 0.15) is 5.60 Å². The number of benzene rings is 1. The second-order valence-electron chi connectivity index (χ2n) is 6.73. The summed E-state index contributed by atoms with van der Waals surface area (Å²) in [7, 11) is 0. The number of unbranched alkanes of at least 4 members (excludes halogenated alkanes) is 1. The van der Waals surface area contributed by atoms with E-state index in [1.807, 2.05) is 0 Å². The van der Waals surface area contributed by atoms with Crippen LogP contribution in [0.25, 0.3) is 0 Å². The summed E-state index contributed by atoms with van der Waals surface area (Å²) >= 11 is 0. The van der Waals surface area contributed by atoms with Crippen LogP contribution in [0, 0.1) is 23.3 Å². The molecule has 9 heteroatoms. The van der Waals surface area contributed by atoms with Crippen molar-refractivity contribution in [1.82, 2.24) is 5.32 Å². The Morgan fingerprint density at radius 1 is 1.12 bits per heavy atom. The van der Waals surface area contributed by atoms with Crippen LogP contribution in [0.3, 0.4) is 0 Å². The van der Waals surface area contributed by atoms with Crippen molar-refractivity contribution in [3.63, 3.8) is 0 Å². The Kier molecular flexibility index (Phi) is 7.41. The van der Waals surface area contributed by atoms with E-state index in [9.17, 15) is 27.2 Å². The van der Waals surface area contributed by atoms with E-state index in [1.54, 1.807) is 20.8 Å². The lowest BCUT2D eigenvalue weighted by atomic mass is 9.99. The molecule has 5 nitrogen and oxygen atoms in total. The van der Waals surface area contributed by atoms with Gasteiger partial charge in [-0.15, -0.1) is 0 Å². The van der Waals surface area contributed by atoms with Crippen LogP contribution in [-0.2, 0) is 9.53 Å². The molecule has 1 unspecified atom stereocenters. The van der Waals surface area contributed by atoms with Gasteiger partial charge >= 0.3 is 12.1 Å². The number of amides is 1. The maximum absolute atomic E-state index is 14.1. The van der Waals surface area contributed by atoms with E-state index >= 15 is 0 Å². The summed E-state index contributed by atoms with van der Waals surface area (Å²) in [6.07, 6.45) is -0.713. The lowest BCUT2D eigenvalue weighted by molar-refractivity contribution is -0.137. The maximum Gasteiger partial charge on any atom is 0.408 e. The number of ether oxygens (including phenoxy) is 1. The third-order valence-corrected chi connectivity index (χ3v) is 3.33. The molecule has 146 valence electrons. The minimum absolute atomic E-state index is 0.0199. The first-order valence-corrected chi connectivity index (χ1v) is 7.96. The molecule has 0 spiro atoms. The summed E-state index contributed by atoms with van der Waals surface area (Å²) in [5, 5.41) is 10.9. The van der Waals surface area contributed by atoms with E-state index in [1.165, 1.54) is 0 Å². The first-order valence-electron chi connectivity index (χ1n) is 7.96. The van der Waals surface area contributed by atoms with E-state index in [2.05, 4.69) is 5.32 Å². The standard InChI is InChI=1S/C17H21F4NO4/c1-17(2,3)26-16(25)22-11(6-4-5-7-12(23)24)9-8-10(18)14(20)15(21)13(9)19/h8,11H,4-7H2,1-3H3,(H,22,25)(H,23,24). The van der Waals surface area contributed by atoms with Gasteiger partial charge in [-0.05, 0) is 39.7 Å². The molecular weight excluding hydrogens is 358 g/mol. The molecule has 0 saturated heterocycles. The van der Waals surface area contributed by atoms with Crippen LogP contribution in [0.5, 0.6) is 0 Å². The number of carboxylic acids is 1. The van der Waals surface area contributed by atoms with E-state index < -0.39 is 52.5 Å². The quantitative estimate of drug-likeness (QED) is 0.318. The second kappa shape index (κ2) is 8.86. The molecule has 0 aliphatic heterocycles. The lowest BCUT2D eigenvalue weighted by Crippen LogP contribution is -2.35. The second-order valence-corrected chi connectivity index (χ2v) is 6.73. The first-order chi connectivity index (χ1) is 11.9. The fourth-order valence-corrected chi connectivity index (χ4v) is 2.22. The van der Waals surface area contributed by atoms with Gasteiger partial charge in [0.05, 0.1) is 6.04 Å². The third kappa shape index (κ3) is 6.53. The number of alkyl carbamates (subject to hydrolysis) is 1. The Hall–Kier alpha value is -2.32. The van der Waals surface area contributed by atoms with Crippen molar-refractivity contribution in [3.05, 3.63) is 34.9 Å². The summed E-state index contributed by atoms with van der Waals surface area (Å²) in [6.45, 7) is 4.77. The highest BCUT2D eigenvalue weighted by molar-refractivity contribution is 5.68. The number of halogens is 4. The van der Waals surface area contributed by atoms with Gasteiger partial charge in [0.15, 0.2) is 23.3 Å². The van der Waals surface area contributed by atoms with Crippen LogP contribution >= 0.6 is 0 Å². The Bertz CT molecular complexity index is 674. The van der Waals surface area contributed by atoms with Crippen molar-refractivity contribution >= 4 is 12.1 Å². The summed E-state index contributed by atoms with van der Waals surface area (Å²) in [5.74, 6) is -8.19. The average molecular weight is 379 g/mol. The van der Waals surface area contributed by atoms with Gasteiger partial charge in [-0.1, -0.05) is 6.42 Å². The van der Waals surface area contributed by atoms with Crippen molar-refractivity contribution in [1.29, 1.82) is 0 Å². The largest absolute Gasteiger partial charge is 0.481 e. The van der Waals surface area contributed by atoms with Crippen LogP contribution in [-0.4, -0.2) is 22.8 Å². The number of rotatable bonds is 7. The van der Waals surface area contributed by atoms with Crippen molar-refractivity contribution < 1.29 is 37.0 Å². The Morgan fingerprint density at radius 2 is 1.73 bits per heavy atom. The number of carboxylic acid groups (broad SMARTS) is 1. The Morgan fingerprint density at radius 3 is 2.27 bits per heavy atom.